The molecule has 1 N–H and O–H groups in total. The SMILES string of the molecule is Cc1ccc(Nc2sc(-c3nc4ccccc4c(=O)n3-c3ccccc3)c3c2C(=O)CCC3)cc1. The molecule has 5 nitrogen and oxygen atoms in total. The second-order valence-electron chi connectivity index (χ2n) is 8.81. The van der Waals surface area contributed by atoms with E-state index in [4.69, 9.17) is 4.98 Å². The number of carbonyl (C=O) groups excluding carboxylic acids is 1. The minimum atomic E-state index is -0.117. The average molecular weight is 478 g/mol. The highest BCUT2D eigenvalue weighted by molar-refractivity contribution is 7.20. The first-order valence-corrected chi connectivity index (χ1v) is 12.5. The molecule has 172 valence electrons. The quantitative estimate of drug-likeness (QED) is 0.313. The van der Waals surface area contributed by atoms with E-state index in [2.05, 4.69) is 5.32 Å². The van der Waals surface area contributed by atoms with Crippen LogP contribution in [0.5, 0.6) is 0 Å². The lowest BCUT2D eigenvalue weighted by Gasteiger charge is -2.16. The third-order valence-corrected chi connectivity index (χ3v) is 7.56. The van der Waals surface area contributed by atoms with Gasteiger partial charge in [0.15, 0.2) is 11.6 Å². The van der Waals surface area contributed by atoms with E-state index >= 15 is 0 Å². The number of nitrogens with zero attached hydrogens (tertiary/aromatic N) is 2. The second kappa shape index (κ2) is 8.64. The molecule has 1 aliphatic carbocycles. The molecular formula is C29H23N3O2S. The van der Waals surface area contributed by atoms with Crippen molar-refractivity contribution in [3.8, 4) is 16.4 Å². The molecule has 0 unspecified atom stereocenters. The molecular weight excluding hydrogens is 454 g/mol. The van der Waals surface area contributed by atoms with E-state index in [1.165, 1.54) is 16.9 Å². The molecule has 0 amide bonds. The zero-order valence-corrected chi connectivity index (χ0v) is 20.1. The first-order chi connectivity index (χ1) is 17.1. The Morgan fingerprint density at radius 3 is 2.43 bits per heavy atom. The van der Waals surface area contributed by atoms with Gasteiger partial charge in [-0.2, -0.15) is 0 Å². The van der Waals surface area contributed by atoms with Gasteiger partial charge in [-0.1, -0.05) is 48.0 Å². The third-order valence-electron chi connectivity index (χ3n) is 6.42. The number of nitrogens with one attached hydrogen (secondary N) is 1. The van der Waals surface area contributed by atoms with E-state index in [0.717, 1.165) is 45.2 Å². The number of hydrogen-bond donors (Lipinski definition) is 1. The zero-order valence-electron chi connectivity index (χ0n) is 19.2. The number of anilines is 2. The van der Waals surface area contributed by atoms with Gasteiger partial charge in [0.25, 0.3) is 5.56 Å². The number of aromatic nitrogens is 2. The van der Waals surface area contributed by atoms with Crippen molar-refractivity contribution in [1.82, 2.24) is 9.55 Å². The highest BCUT2D eigenvalue weighted by Gasteiger charge is 2.30. The fourth-order valence-corrected chi connectivity index (χ4v) is 5.96. The molecule has 35 heavy (non-hydrogen) atoms. The van der Waals surface area contributed by atoms with Gasteiger partial charge in [-0.15, -0.1) is 11.3 Å². The average Bonchev–Trinajstić information content (AvgIpc) is 3.25. The van der Waals surface area contributed by atoms with Gasteiger partial charge in [-0.05, 0) is 61.7 Å². The minimum Gasteiger partial charge on any atom is -0.347 e. The summed E-state index contributed by atoms with van der Waals surface area (Å²) in [6.45, 7) is 2.05. The minimum absolute atomic E-state index is 0.117. The molecule has 6 rings (SSSR count). The lowest BCUT2D eigenvalue weighted by molar-refractivity contribution is 0.0974. The second-order valence-corrected chi connectivity index (χ2v) is 9.83. The fourth-order valence-electron chi connectivity index (χ4n) is 4.69. The van der Waals surface area contributed by atoms with Crippen molar-refractivity contribution in [3.63, 3.8) is 0 Å². The predicted molar refractivity (Wildman–Crippen MR) is 142 cm³/mol. The Kier molecular flexibility index (Phi) is 5.30. The van der Waals surface area contributed by atoms with E-state index in [1.807, 2.05) is 85.8 Å². The van der Waals surface area contributed by atoms with Crippen LogP contribution in [0.3, 0.4) is 0 Å². The van der Waals surface area contributed by atoms with Crippen LogP contribution in [0.25, 0.3) is 27.3 Å². The molecule has 0 radical (unpaired) electrons. The first kappa shape index (κ1) is 21.5. The normalized spacial score (nSPS) is 13.1. The summed E-state index contributed by atoms with van der Waals surface area (Å²) in [6, 6.07) is 25.1. The molecule has 1 aliphatic rings. The van der Waals surface area contributed by atoms with Crippen molar-refractivity contribution < 1.29 is 4.79 Å². The lowest BCUT2D eigenvalue weighted by Crippen LogP contribution is -2.22. The van der Waals surface area contributed by atoms with Gasteiger partial charge in [0.2, 0.25) is 0 Å². The maximum atomic E-state index is 13.7. The van der Waals surface area contributed by atoms with Crippen LogP contribution in [0, 0.1) is 6.92 Å². The van der Waals surface area contributed by atoms with E-state index in [0.29, 0.717) is 23.1 Å². The van der Waals surface area contributed by atoms with Crippen LogP contribution in [0.2, 0.25) is 0 Å². The molecule has 0 saturated heterocycles. The van der Waals surface area contributed by atoms with Crippen LogP contribution in [-0.4, -0.2) is 15.3 Å². The molecule has 5 aromatic rings. The summed E-state index contributed by atoms with van der Waals surface area (Å²) >= 11 is 1.50. The number of rotatable bonds is 4. The summed E-state index contributed by atoms with van der Waals surface area (Å²) in [7, 11) is 0. The number of hydrogen-bond acceptors (Lipinski definition) is 5. The van der Waals surface area contributed by atoms with Crippen LogP contribution in [0.1, 0.15) is 34.3 Å². The fraction of sp³-hybridized carbons (Fsp3) is 0.138. The van der Waals surface area contributed by atoms with Gasteiger partial charge in [0.1, 0.15) is 5.00 Å². The van der Waals surface area contributed by atoms with Crippen LogP contribution in [0.15, 0.2) is 83.7 Å². The largest absolute Gasteiger partial charge is 0.347 e. The number of ketones is 1. The Hall–Kier alpha value is -4.03. The summed E-state index contributed by atoms with van der Waals surface area (Å²) in [5, 5.41) is 4.85. The molecule has 2 heterocycles. The number of Topliss-reactive ketones (excluding diaryl/α,β-unsaturated/α-hetero) is 1. The van der Waals surface area contributed by atoms with Crippen molar-refractivity contribution in [3.05, 3.63) is 106 Å². The smallest absolute Gasteiger partial charge is 0.266 e. The van der Waals surface area contributed by atoms with Crippen LogP contribution >= 0.6 is 11.3 Å². The standard InChI is InChI=1S/C29H23N3O2S/c1-18-14-16-19(17-15-18)30-28-25-22(11-7-13-24(25)33)26(35-28)27-31-23-12-6-5-10-21(23)29(34)32(27)20-8-3-2-4-9-20/h2-6,8-10,12,14-17,30H,7,11,13H2,1H3. The van der Waals surface area contributed by atoms with Crippen molar-refractivity contribution in [2.75, 3.05) is 5.32 Å². The van der Waals surface area contributed by atoms with Gasteiger partial charge >= 0.3 is 0 Å². The van der Waals surface area contributed by atoms with Crippen molar-refractivity contribution in [2.24, 2.45) is 0 Å². The maximum Gasteiger partial charge on any atom is 0.266 e. The topological polar surface area (TPSA) is 64.0 Å². The van der Waals surface area contributed by atoms with Crippen molar-refractivity contribution in [2.45, 2.75) is 26.2 Å². The zero-order chi connectivity index (χ0) is 23.9. The number of para-hydroxylation sites is 2. The molecule has 0 spiro atoms. The number of fused-ring (bicyclic) bond motifs is 2. The number of benzene rings is 3. The van der Waals surface area contributed by atoms with E-state index < -0.39 is 0 Å². The van der Waals surface area contributed by atoms with E-state index in [-0.39, 0.29) is 11.3 Å². The van der Waals surface area contributed by atoms with Gasteiger partial charge in [-0.3, -0.25) is 14.2 Å². The Morgan fingerprint density at radius 2 is 1.63 bits per heavy atom. The summed E-state index contributed by atoms with van der Waals surface area (Å²) in [6.07, 6.45) is 2.10. The molecule has 0 aliphatic heterocycles. The highest BCUT2D eigenvalue weighted by atomic mass is 32.1. The van der Waals surface area contributed by atoms with Crippen LogP contribution in [0.4, 0.5) is 10.7 Å². The van der Waals surface area contributed by atoms with Crippen molar-refractivity contribution >= 4 is 38.7 Å². The molecule has 0 fully saturated rings. The number of thiophene rings is 1. The monoisotopic (exact) mass is 477 g/mol. The predicted octanol–water partition coefficient (Wildman–Crippen LogP) is 6.69. The Balaban J connectivity index is 1.62. The van der Waals surface area contributed by atoms with Gasteiger partial charge in [0.05, 0.1) is 27.0 Å². The van der Waals surface area contributed by atoms with Crippen LogP contribution < -0.4 is 10.9 Å². The summed E-state index contributed by atoms with van der Waals surface area (Å²) < 4.78 is 1.68. The molecule has 0 saturated carbocycles. The van der Waals surface area contributed by atoms with Crippen molar-refractivity contribution in [1.29, 1.82) is 0 Å². The molecule has 0 atom stereocenters. The molecule has 2 aromatic heterocycles. The van der Waals surface area contributed by atoms with E-state index in [1.54, 1.807) is 4.57 Å². The Morgan fingerprint density at radius 1 is 0.886 bits per heavy atom. The van der Waals surface area contributed by atoms with Crippen LogP contribution in [-0.2, 0) is 6.42 Å². The van der Waals surface area contributed by atoms with Gasteiger partial charge in [-0.25, -0.2) is 4.98 Å². The maximum absolute atomic E-state index is 13.7. The summed E-state index contributed by atoms with van der Waals surface area (Å²) in [4.78, 5) is 32.7. The molecule has 0 bridgehead atoms. The number of carbonyl (C=O) groups is 1. The Labute approximate surface area is 206 Å². The van der Waals surface area contributed by atoms with Gasteiger partial charge in [0, 0.05) is 12.1 Å². The number of aryl methyl sites for hydroxylation is 1. The lowest BCUT2D eigenvalue weighted by atomic mass is 9.91. The molecule has 3 aromatic carbocycles. The van der Waals surface area contributed by atoms with E-state index in [9.17, 15) is 9.59 Å². The third kappa shape index (κ3) is 3.76. The first-order valence-electron chi connectivity index (χ1n) is 11.7. The summed E-state index contributed by atoms with van der Waals surface area (Å²) in [5.74, 6) is 0.713. The highest BCUT2D eigenvalue weighted by Crippen LogP contribution is 2.44. The summed E-state index contributed by atoms with van der Waals surface area (Å²) in [5.41, 5.74) is 5.10. The molecule has 6 heteroatoms. The van der Waals surface area contributed by atoms with Gasteiger partial charge < -0.3 is 5.32 Å². The Bertz CT molecular complexity index is 1630.